The second-order valence-corrected chi connectivity index (χ2v) is 5.24. The Kier molecular flexibility index (Phi) is 9.54. The summed E-state index contributed by atoms with van der Waals surface area (Å²) in [7, 11) is 0. The maximum Gasteiger partial charge on any atom is 0.193 e. The largest absolute Gasteiger partial charge is 0.379 e. The Morgan fingerprint density at radius 2 is 1.85 bits per heavy atom. The molecule has 0 unspecified atom stereocenters. The van der Waals surface area contributed by atoms with Gasteiger partial charge >= 0.3 is 0 Å². The number of aliphatic imine (C=N–C) groups is 1. The van der Waals surface area contributed by atoms with Gasteiger partial charge in [0.25, 0.3) is 0 Å². The molecule has 5 nitrogen and oxygen atoms in total. The van der Waals surface area contributed by atoms with Crippen LogP contribution in [0.1, 0.15) is 26.2 Å². The summed E-state index contributed by atoms with van der Waals surface area (Å²) in [5.74, 6) is 1.11. The van der Waals surface area contributed by atoms with Crippen molar-refractivity contribution in [1.29, 1.82) is 0 Å². The molecule has 0 aromatic heterocycles. The Morgan fingerprint density at radius 3 is 2.50 bits per heavy atom. The molecule has 0 saturated carbocycles. The fourth-order valence-corrected chi connectivity index (χ4v) is 2.66. The molecule has 0 aromatic rings. The quantitative estimate of drug-likeness (QED) is 0.330. The maximum atomic E-state index is 5.36. The van der Waals surface area contributed by atoms with E-state index in [4.69, 9.17) is 9.73 Å². The van der Waals surface area contributed by atoms with Crippen LogP contribution in [0.15, 0.2) is 4.99 Å². The molecule has 2 heterocycles. The molecule has 0 amide bonds. The van der Waals surface area contributed by atoms with Gasteiger partial charge in [0.1, 0.15) is 0 Å². The predicted octanol–water partition coefficient (Wildman–Crippen LogP) is 1.39. The van der Waals surface area contributed by atoms with Crippen molar-refractivity contribution in [3.05, 3.63) is 0 Å². The smallest absolute Gasteiger partial charge is 0.193 e. The second kappa shape index (κ2) is 10.6. The van der Waals surface area contributed by atoms with Gasteiger partial charge in [0.2, 0.25) is 0 Å². The van der Waals surface area contributed by atoms with E-state index in [9.17, 15) is 0 Å². The van der Waals surface area contributed by atoms with Crippen LogP contribution in [0.5, 0.6) is 0 Å². The van der Waals surface area contributed by atoms with Gasteiger partial charge in [-0.15, -0.1) is 24.0 Å². The standard InChI is InChI=1S/C14H28N4O.HI/c1-2-15-14(18-8-3-4-9-18)16-6-5-7-17-10-12-19-13-11-17;/h2-13H2,1H3,(H,15,16);1H. The van der Waals surface area contributed by atoms with Crippen LogP contribution in [0.4, 0.5) is 0 Å². The van der Waals surface area contributed by atoms with Crippen LogP contribution < -0.4 is 5.32 Å². The highest BCUT2D eigenvalue weighted by Crippen LogP contribution is 2.07. The number of ether oxygens (including phenoxy) is 1. The second-order valence-electron chi connectivity index (χ2n) is 5.24. The van der Waals surface area contributed by atoms with Crippen LogP contribution in [0, 0.1) is 0 Å². The third-order valence-electron chi connectivity index (χ3n) is 3.74. The van der Waals surface area contributed by atoms with Crippen LogP contribution in [0.3, 0.4) is 0 Å². The summed E-state index contributed by atoms with van der Waals surface area (Å²) in [4.78, 5) is 9.61. The molecule has 2 rings (SSSR count). The first kappa shape index (κ1) is 18.0. The van der Waals surface area contributed by atoms with Crippen molar-refractivity contribution < 1.29 is 4.74 Å². The summed E-state index contributed by atoms with van der Waals surface area (Å²) < 4.78 is 5.36. The fourth-order valence-electron chi connectivity index (χ4n) is 2.66. The minimum atomic E-state index is 0. The normalized spacial score (nSPS) is 20.9. The van der Waals surface area contributed by atoms with Crippen molar-refractivity contribution in [2.24, 2.45) is 4.99 Å². The molecule has 2 fully saturated rings. The average Bonchev–Trinajstić information content (AvgIpc) is 2.97. The van der Waals surface area contributed by atoms with Gasteiger partial charge in [-0.25, -0.2) is 0 Å². The number of nitrogens with zero attached hydrogens (tertiary/aromatic N) is 3. The van der Waals surface area contributed by atoms with E-state index >= 15 is 0 Å². The minimum Gasteiger partial charge on any atom is -0.379 e. The number of rotatable bonds is 5. The lowest BCUT2D eigenvalue weighted by molar-refractivity contribution is 0.0377. The van der Waals surface area contributed by atoms with Crippen LogP contribution in [-0.2, 0) is 4.74 Å². The number of nitrogens with one attached hydrogen (secondary N) is 1. The third kappa shape index (κ3) is 6.13. The van der Waals surface area contributed by atoms with Gasteiger partial charge in [0.05, 0.1) is 13.2 Å². The lowest BCUT2D eigenvalue weighted by Crippen LogP contribution is -2.40. The van der Waals surface area contributed by atoms with Crippen molar-refractivity contribution in [2.45, 2.75) is 26.2 Å². The Hall–Kier alpha value is -0.0800. The molecular formula is C14H29IN4O. The summed E-state index contributed by atoms with van der Waals surface area (Å²) in [6.45, 7) is 11.4. The number of hydrogen-bond acceptors (Lipinski definition) is 3. The van der Waals surface area contributed by atoms with Crippen molar-refractivity contribution in [3.8, 4) is 0 Å². The Bertz CT molecular complexity index is 276. The van der Waals surface area contributed by atoms with Gasteiger partial charge < -0.3 is 15.0 Å². The van der Waals surface area contributed by atoms with E-state index in [0.717, 1.165) is 71.4 Å². The monoisotopic (exact) mass is 396 g/mol. The molecule has 2 saturated heterocycles. The highest BCUT2D eigenvalue weighted by Gasteiger charge is 2.15. The predicted molar refractivity (Wildman–Crippen MR) is 94.1 cm³/mol. The van der Waals surface area contributed by atoms with Crippen molar-refractivity contribution >= 4 is 29.9 Å². The Balaban J connectivity index is 0.00000200. The molecule has 2 aliphatic rings. The minimum absolute atomic E-state index is 0. The molecule has 0 aromatic carbocycles. The number of morpholine rings is 1. The topological polar surface area (TPSA) is 40.1 Å². The summed E-state index contributed by atoms with van der Waals surface area (Å²) in [5, 5.41) is 3.41. The van der Waals surface area contributed by atoms with E-state index < -0.39 is 0 Å². The number of likely N-dealkylation sites (tertiary alicyclic amines) is 1. The first-order valence-corrected chi connectivity index (χ1v) is 7.73. The SMILES string of the molecule is CCNC(=NCCCN1CCOCC1)N1CCCC1.I. The van der Waals surface area contributed by atoms with Gasteiger partial charge in [-0.3, -0.25) is 9.89 Å². The highest BCUT2D eigenvalue weighted by molar-refractivity contribution is 14.0. The van der Waals surface area contributed by atoms with Gasteiger partial charge in [-0.2, -0.15) is 0 Å². The van der Waals surface area contributed by atoms with E-state index in [1.54, 1.807) is 0 Å². The molecule has 118 valence electrons. The molecule has 0 radical (unpaired) electrons. The van der Waals surface area contributed by atoms with Gasteiger partial charge in [0.15, 0.2) is 5.96 Å². The molecule has 20 heavy (non-hydrogen) atoms. The number of hydrogen-bond donors (Lipinski definition) is 1. The van der Waals surface area contributed by atoms with Crippen molar-refractivity contribution in [1.82, 2.24) is 15.1 Å². The van der Waals surface area contributed by atoms with Crippen LogP contribution >= 0.6 is 24.0 Å². The zero-order chi connectivity index (χ0) is 13.3. The molecule has 0 atom stereocenters. The average molecular weight is 396 g/mol. The zero-order valence-corrected chi connectivity index (χ0v) is 15.0. The summed E-state index contributed by atoms with van der Waals surface area (Å²) in [6.07, 6.45) is 3.75. The van der Waals surface area contributed by atoms with Crippen molar-refractivity contribution in [3.63, 3.8) is 0 Å². The maximum absolute atomic E-state index is 5.36. The summed E-state index contributed by atoms with van der Waals surface area (Å²) in [6, 6.07) is 0. The number of guanidine groups is 1. The third-order valence-corrected chi connectivity index (χ3v) is 3.74. The molecule has 6 heteroatoms. The van der Waals surface area contributed by atoms with E-state index in [2.05, 4.69) is 22.0 Å². The highest BCUT2D eigenvalue weighted by atomic mass is 127. The molecule has 1 N–H and O–H groups in total. The molecule has 0 aliphatic carbocycles. The van der Waals surface area contributed by atoms with E-state index in [1.165, 1.54) is 12.8 Å². The van der Waals surface area contributed by atoms with E-state index in [0.29, 0.717) is 0 Å². The van der Waals surface area contributed by atoms with Crippen LogP contribution in [0.2, 0.25) is 0 Å². The Morgan fingerprint density at radius 1 is 1.15 bits per heavy atom. The summed E-state index contributed by atoms with van der Waals surface area (Å²) in [5.41, 5.74) is 0. The zero-order valence-electron chi connectivity index (χ0n) is 12.6. The molecular weight excluding hydrogens is 367 g/mol. The Labute approximate surface area is 140 Å². The first-order valence-electron chi connectivity index (χ1n) is 7.73. The molecule has 0 bridgehead atoms. The van der Waals surface area contributed by atoms with Crippen molar-refractivity contribution in [2.75, 3.05) is 59.0 Å². The first-order chi connectivity index (χ1) is 9.40. The lowest BCUT2D eigenvalue weighted by atomic mass is 10.3. The van der Waals surface area contributed by atoms with Gasteiger partial charge in [-0.05, 0) is 26.2 Å². The fraction of sp³-hybridized carbons (Fsp3) is 0.929. The van der Waals surface area contributed by atoms with E-state index in [-0.39, 0.29) is 24.0 Å². The lowest BCUT2D eigenvalue weighted by Gasteiger charge is -2.26. The molecule has 2 aliphatic heterocycles. The molecule has 0 spiro atoms. The summed E-state index contributed by atoms with van der Waals surface area (Å²) >= 11 is 0. The van der Waals surface area contributed by atoms with Gasteiger partial charge in [0, 0.05) is 45.8 Å². The van der Waals surface area contributed by atoms with Crippen LogP contribution in [-0.4, -0.2) is 74.8 Å². The van der Waals surface area contributed by atoms with Gasteiger partial charge in [-0.1, -0.05) is 0 Å². The number of halogens is 1. The van der Waals surface area contributed by atoms with Crippen LogP contribution in [0.25, 0.3) is 0 Å². The van der Waals surface area contributed by atoms with E-state index in [1.807, 2.05) is 0 Å².